The van der Waals surface area contributed by atoms with Crippen LogP contribution in [0, 0.1) is 5.92 Å². The third-order valence-corrected chi connectivity index (χ3v) is 8.14. The largest absolute Gasteiger partial charge is 0.326 e. The normalized spacial score (nSPS) is 24.2. The molecule has 3 aromatic rings. The van der Waals surface area contributed by atoms with Gasteiger partial charge in [0.2, 0.25) is 0 Å². The number of imidazole rings is 1. The highest BCUT2D eigenvalue weighted by molar-refractivity contribution is 6.21. The zero-order chi connectivity index (χ0) is 23.2. The number of H-pyrrole nitrogens is 1. The van der Waals surface area contributed by atoms with Crippen LogP contribution in [-0.4, -0.2) is 56.8 Å². The number of imide groups is 1. The van der Waals surface area contributed by atoms with Gasteiger partial charge in [-0.1, -0.05) is 24.3 Å². The molecule has 1 aromatic heterocycles. The van der Waals surface area contributed by atoms with Crippen LogP contribution in [0.3, 0.4) is 0 Å². The number of nitrogens with zero attached hydrogens (tertiary/aromatic N) is 3. The van der Waals surface area contributed by atoms with Gasteiger partial charge in [-0.15, -0.1) is 0 Å². The summed E-state index contributed by atoms with van der Waals surface area (Å²) < 4.78 is 1.95. The quantitative estimate of drug-likeness (QED) is 0.603. The van der Waals surface area contributed by atoms with E-state index in [4.69, 9.17) is 0 Å². The molecule has 34 heavy (non-hydrogen) atoms. The van der Waals surface area contributed by atoms with E-state index < -0.39 is 0 Å². The van der Waals surface area contributed by atoms with Gasteiger partial charge < -0.3 is 9.88 Å². The van der Waals surface area contributed by atoms with Crippen LogP contribution in [0.5, 0.6) is 0 Å². The predicted octanol–water partition coefficient (Wildman–Crippen LogP) is 3.82. The summed E-state index contributed by atoms with van der Waals surface area (Å²) in [5.74, 6) is 0.0930. The van der Waals surface area contributed by atoms with Gasteiger partial charge in [0.1, 0.15) is 0 Å². The lowest BCUT2D eigenvalue weighted by Crippen LogP contribution is -2.45. The summed E-state index contributed by atoms with van der Waals surface area (Å²) in [6, 6.07) is 15.9. The van der Waals surface area contributed by atoms with Crippen molar-refractivity contribution >= 4 is 22.8 Å². The van der Waals surface area contributed by atoms with Gasteiger partial charge >= 0.3 is 5.69 Å². The van der Waals surface area contributed by atoms with Crippen LogP contribution in [0.4, 0.5) is 0 Å². The molecule has 0 unspecified atom stereocenters. The van der Waals surface area contributed by atoms with Gasteiger partial charge in [-0.2, -0.15) is 0 Å². The molecule has 1 saturated heterocycles. The maximum atomic E-state index is 12.7. The van der Waals surface area contributed by atoms with Gasteiger partial charge in [-0.3, -0.25) is 19.1 Å². The molecule has 3 heterocycles. The highest BCUT2D eigenvalue weighted by Gasteiger charge is 2.38. The van der Waals surface area contributed by atoms with Gasteiger partial charge in [0.05, 0.1) is 22.2 Å². The first-order valence-corrected chi connectivity index (χ1v) is 12.5. The molecule has 176 valence electrons. The van der Waals surface area contributed by atoms with Crippen molar-refractivity contribution in [1.82, 2.24) is 19.4 Å². The molecule has 3 aliphatic rings. The maximum Gasteiger partial charge on any atom is 0.326 e. The number of rotatable bonds is 4. The van der Waals surface area contributed by atoms with Gasteiger partial charge in [0.25, 0.3) is 11.8 Å². The fourth-order valence-corrected chi connectivity index (χ4v) is 6.30. The first-order valence-electron chi connectivity index (χ1n) is 12.5. The number of hydrogen-bond donors (Lipinski definition) is 1. The lowest BCUT2D eigenvalue weighted by molar-refractivity contribution is 0.0577. The van der Waals surface area contributed by atoms with E-state index in [0.29, 0.717) is 29.6 Å². The lowest BCUT2D eigenvalue weighted by Gasteiger charge is -2.41. The Hall–Kier alpha value is -3.19. The number of hydrogen-bond acceptors (Lipinski definition) is 4. The van der Waals surface area contributed by atoms with Crippen molar-refractivity contribution in [2.45, 2.75) is 50.6 Å². The number of likely N-dealkylation sites (tertiary alicyclic amines) is 1. The van der Waals surface area contributed by atoms with E-state index in [1.54, 1.807) is 12.1 Å². The number of para-hydroxylation sites is 2. The van der Waals surface area contributed by atoms with E-state index in [9.17, 15) is 14.4 Å². The minimum absolute atomic E-state index is 0.00619. The summed E-state index contributed by atoms with van der Waals surface area (Å²) in [5.41, 5.74) is 2.98. The molecule has 7 heteroatoms. The number of aromatic amines is 1. The Morgan fingerprint density at radius 3 is 2.03 bits per heavy atom. The topological polar surface area (TPSA) is 78.4 Å². The first kappa shape index (κ1) is 21.4. The van der Waals surface area contributed by atoms with Crippen LogP contribution in [-0.2, 0) is 0 Å². The van der Waals surface area contributed by atoms with Crippen molar-refractivity contribution in [2.75, 3.05) is 19.6 Å². The Kier molecular flexibility index (Phi) is 5.37. The highest BCUT2D eigenvalue weighted by Crippen LogP contribution is 2.34. The molecular formula is C27H30N4O3. The molecule has 0 atom stereocenters. The van der Waals surface area contributed by atoms with Gasteiger partial charge in [-0.25, -0.2) is 4.79 Å². The van der Waals surface area contributed by atoms with Crippen LogP contribution >= 0.6 is 0 Å². The number of carbonyl (C=O) groups is 2. The highest BCUT2D eigenvalue weighted by atomic mass is 16.2. The molecule has 1 aliphatic carbocycles. The van der Waals surface area contributed by atoms with Crippen LogP contribution in [0.15, 0.2) is 53.3 Å². The number of aromatic nitrogens is 2. The van der Waals surface area contributed by atoms with Crippen LogP contribution < -0.4 is 5.69 Å². The average molecular weight is 459 g/mol. The molecular weight excluding hydrogens is 428 g/mol. The minimum Gasteiger partial charge on any atom is -0.306 e. The first-order chi connectivity index (χ1) is 16.6. The van der Waals surface area contributed by atoms with E-state index in [-0.39, 0.29) is 23.5 Å². The molecule has 2 amide bonds. The van der Waals surface area contributed by atoms with Crippen LogP contribution in [0.1, 0.15) is 65.3 Å². The van der Waals surface area contributed by atoms with Crippen molar-refractivity contribution < 1.29 is 9.59 Å². The number of piperidine rings is 1. The Labute approximate surface area is 198 Å². The summed E-state index contributed by atoms with van der Waals surface area (Å²) in [4.78, 5) is 45.0. The van der Waals surface area contributed by atoms with Crippen molar-refractivity contribution in [3.63, 3.8) is 0 Å². The fourth-order valence-electron chi connectivity index (χ4n) is 6.30. The Morgan fingerprint density at radius 1 is 0.735 bits per heavy atom. The Bertz CT molecular complexity index is 1260. The summed E-state index contributed by atoms with van der Waals surface area (Å²) in [7, 11) is 0. The number of carbonyl (C=O) groups excluding carboxylic acids is 2. The second-order valence-corrected chi connectivity index (χ2v) is 10.0. The molecule has 1 N–H and O–H groups in total. The molecule has 2 fully saturated rings. The molecule has 6 rings (SSSR count). The summed E-state index contributed by atoms with van der Waals surface area (Å²) in [5, 5.41) is 0. The standard InChI is InChI=1S/C27H30N4O3/c32-25-21-5-1-2-6-22(21)26(33)30(25)17-18-9-11-19(12-10-18)29-15-13-20(14-16-29)31-24-8-4-3-7-23(24)28-27(31)34/h1-8,18-20H,9-17H2,(H,28,34). The number of benzene rings is 2. The number of nitrogens with one attached hydrogen (secondary N) is 1. The van der Waals surface area contributed by atoms with Crippen molar-refractivity contribution in [3.8, 4) is 0 Å². The lowest BCUT2D eigenvalue weighted by atomic mass is 9.84. The molecule has 0 radical (unpaired) electrons. The van der Waals surface area contributed by atoms with E-state index in [1.165, 1.54) is 4.90 Å². The van der Waals surface area contributed by atoms with Crippen LogP contribution in [0.2, 0.25) is 0 Å². The third-order valence-electron chi connectivity index (χ3n) is 8.14. The molecule has 2 aromatic carbocycles. The fraction of sp³-hybridized carbons (Fsp3) is 0.444. The van der Waals surface area contributed by atoms with E-state index in [2.05, 4.69) is 9.88 Å². The van der Waals surface area contributed by atoms with E-state index in [1.807, 2.05) is 41.0 Å². The second kappa shape index (κ2) is 8.55. The minimum atomic E-state index is -0.141. The summed E-state index contributed by atoms with van der Waals surface area (Å²) in [6.45, 7) is 2.54. The maximum absolute atomic E-state index is 12.7. The molecule has 1 saturated carbocycles. The Balaban J connectivity index is 1.04. The number of amides is 2. The molecule has 2 aliphatic heterocycles. The van der Waals surface area contributed by atoms with E-state index in [0.717, 1.165) is 62.6 Å². The van der Waals surface area contributed by atoms with Gasteiger partial charge in [0, 0.05) is 31.7 Å². The van der Waals surface area contributed by atoms with Crippen molar-refractivity contribution in [3.05, 3.63) is 70.1 Å². The van der Waals surface area contributed by atoms with Crippen LogP contribution in [0.25, 0.3) is 11.0 Å². The molecule has 7 nitrogen and oxygen atoms in total. The third kappa shape index (κ3) is 3.59. The second-order valence-electron chi connectivity index (χ2n) is 10.0. The number of fused-ring (bicyclic) bond motifs is 2. The molecule has 0 spiro atoms. The zero-order valence-electron chi connectivity index (χ0n) is 19.3. The Morgan fingerprint density at radius 2 is 1.35 bits per heavy atom. The smallest absolute Gasteiger partial charge is 0.306 e. The van der Waals surface area contributed by atoms with Gasteiger partial charge in [-0.05, 0) is 68.7 Å². The van der Waals surface area contributed by atoms with Gasteiger partial charge in [0.15, 0.2) is 0 Å². The average Bonchev–Trinajstić information content (AvgIpc) is 3.33. The SMILES string of the molecule is O=C1c2ccccc2C(=O)N1CC1CCC(N2CCC(n3c(=O)[nH]c4ccccc43)CC2)CC1. The molecule has 0 bridgehead atoms. The van der Waals surface area contributed by atoms with Crippen molar-refractivity contribution in [2.24, 2.45) is 5.92 Å². The van der Waals surface area contributed by atoms with E-state index >= 15 is 0 Å². The monoisotopic (exact) mass is 458 g/mol. The zero-order valence-corrected chi connectivity index (χ0v) is 19.3. The predicted molar refractivity (Wildman–Crippen MR) is 130 cm³/mol. The summed E-state index contributed by atoms with van der Waals surface area (Å²) in [6.07, 6.45) is 6.25. The summed E-state index contributed by atoms with van der Waals surface area (Å²) >= 11 is 0. The van der Waals surface area contributed by atoms with Crippen molar-refractivity contribution in [1.29, 1.82) is 0 Å².